The molecule has 0 amide bonds. The second kappa shape index (κ2) is 14.8. The Morgan fingerprint density at radius 2 is 0.718 bits per heavy atom. The Labute approximate surface area is 249 Å². The van der Waals surface area contributed by atoms with Crippen LogP contribution in [-0.2, 0) is 0 Å². The minimum Gasteiger partial charge on any atom is -0.310 e. The van der Waals surface area contributed by atoms with Gasteiger partial charge >= 0.3 is 0 Å². The molecule has 0 fully saturated rings. The lowest BCUT2D eigenvalue weighted by Gasteiger charge is -2.33. The van der Waals surface area contributed by atoms with E-state index in [1.165, 1.54) is 33.6 Å². The summed E-state index contributed by atoms with van der Waals surface area (Å²) in [6, 6.07) is 13.8. The van der Waals surface area contributed by atoms with Gasteiger partial charge in [-0.15, -0.1) is 0 Å². The van der Waals surface area contributed by atoms with Crippen molar-refractivity contribution in [3.8, 4) is 0 Å². The van der Waals surface area contributed by atoms with Gasteiger partial charge in [-0.3, -0.25) is 0 Å². The van der Waals surface area contributed by atoms with Gasteiger partial charge in [-0.25, -0.2) is 0 Å². The van der Waals surface area contributed by atoms with Crippen molar-refractivity contribution in [1.82, 2.24) is 0 Å². The Morgan fingerprint density at radius 3 is 0.923 bits per heavy atom. The first-order valence-corrected chi connectivity index (χ1v) is 16.5. The molecule has 2 aromatic carbocycles. The molecule has 0 unspecified atom stereocenters. The predicted octanol–water partition coefficient (Wildman–Crippen LogP) is 12.2. The third kappa shape index (κ3) is 6.33. The molecule has 0 atom stereocenters. The van der Waals surface area contributed by atoms with Crippen LogP contribution in [0, 0.1) is 0 Å². The van der Waals surface area contributed by atoms with Crippen LogP contribution in [0.4, 0.5) is 11.4 Å². The molecule has 0 aromatic heterocycles. The first kappa shape index (κ1) is 31.9. The second-order valence-corrected chi connectivity index (χ2v) is 11.9. The van der Waals surface area contributed by atoms with Crippen molar-refractivity contribution in [3.63, 3.8) is 0 Å². The summed E-state index contributed by atoms with van der Waals surface area (Å²) in [5.41, 5.74) is 8.19. The smallest absolute Gasteiger partial charge is 0.146 e. The first-order valence-electron chi connectivity index (χ1n) is 15.7. The zero-order valence-corrected chi connectivity index (χ0v) is 27.3. The number of hydrogen-bond donors (Lipinski definition) is 0. The normalized spacial score (nSPS) is 14.3. The molecule has 0 N–H and O–H groups in total. The average Bonchev–Trinajstić information content (AvgIpc) is 3.25. The fraction of sp³-hybridized carbons (Fsp3) is 0.600. The van der Waals surface area contributed by atoms with E-state index in [1.807, 2.05) is 0 Å². The third-order valence-electron chi connectivity index (χ3n) is 9.37. The standard InChI is InChI=1S/C35H52Cl2N2/c1-9-24(10-2)28-19-17-20-29(25(11-3)12-4)32(28)38-23-39(35(37)34(38)36)33-30(26(13-5)14-6)21-18-22-31(33)27(15-7)16-8/h17-22,24-27H,9-16,23H2,1-8H3. The molecule has 0 bridgehead atoms. The van der Waals surface area contributed by atoms with Gasteiger partial charge in [0.05, 0.1) is 11.4 Å². The lowest BCUT2D eigenvalue weighted by molar-refractivity contribution is 0.618. The van der Waals surface area contributed by atoms with Crippen LogP contribution in [0.2, 0.25) is 0 Å². The molecule has 1 heterocycles. The summed E-state index contributed by atoms with van der Waals surface area (Å²) >= 11 is 14.5. The number of hydrogen-bond acceptors (Lipinski definition) is 2. The molecule has 216 valence electrons. The van der Waals surface area contributed by atoms with Crippen LogP contribution < -0.4 is 9.80 Å². The van der Waals surface area contributed by atoms with Gasteiger partial charge in [0.2, 0.25) is 0 Å². The summed E-state index contributed by atoms with van der Waals surface area (Å²) in [4.78, 5) is 4.65. The van der Waals surface area contributed by atoms with Crippen molar-refractivity contribution in [2.75, 3.05) is 16.5 Å². The maximum atomic E-state index is 7.27. The highest BCUT2D eigenvalue weighted by Gasteiger charge is 2.36. The quantitative estimate of drug-likeness (QED) is 0.208. The van der Waals surface area contributed by atoms with Crippen LogP contribution in [0.1, 0.15) is 153 Å². The van der Waals surface area contributed by atoms with Gasteiger partial charge in [-0.2, -0.15) is 0 Å². The first-order chi connectivity index (χ1) is 18.9. The fourth-order valence-electron chi connectivity index (χ4n) is 6.84. The molecular formula is C35H52Cl2N2. The number of halogens is 2. The highest BCUT2D eigenvalue weighted by atomic mass is 35.5. The zero-order valence-electron chi connectivity index (χ0n) is 25.8. The summed E-state index contributed by atoms with van der Waals surface area (Å²) in [6.07, 6.45) is 8.88. The minimum atomic E-state index is 0.489. The Balaban J connectivity index is 2.26. The highest BCUT2D eigenvalue weighted by molar-refractivity contribution is 6.42. The molecule has 0 saturated carbocycles. The van der Waals surface area contributed by atoms with Crippen LogP contribution in [0.5, 0.6) is 0 Å². The number of anilines is 2. The molecular weight excluding hydrogens is 519 g/mol. The molecule has 0 spiro atoms. The van der Waals surface area contributed by atoms with Crippen LogP contribution in [0.15, 0.2) is 46.7 Å². The molecule has 39 heavy (non-hydrogen) atoms. The maximum absolute atomic E-state index is 7.27. The van der Waals surface area contributed by atoms with E-state index in [2.05, 4.69) is 102 Å². The van der Waals surface area contributed by atoms with E-state index >= 15 is 0 Å². The highest BCUT2D eigenvalue weighted by Crippen LogP contribution is 2.49. The van der Waals surface area contributed by atoms with Gasteiger partial charge in [0.1, 0.15) is 17.0 Å². The summed E-state index contributed by atoms with van der Waals surface area (Å²) in [5, 5.41) is 1.30. The molecule has 0 radical (unpaired) electrons. The maximum Gasteiger partial charge on any atom is 0.146 e. The molecule has 2 aromatic rings. The largest absolute Gasteiger partial charge is 0.310 e. The number of benzene rings is 2. The van der Waals surface area contributed by atoms with Crippen molar-refractivity contribution < 1.29 is 0 Å². The van der Waals surface area contributed by atoms with Gasteiger partial charge < -0.3 is 9.80 Å². The minimum absolute atomic E-state index is 0.489. The molecule has 2 nitrogen and oxygen atoms in total. The van der Waals surface area contributed by atoms with Gasteiger partial charge in [0.15, 0.2) is 0 Å². The van der Waals surface area contributed by atoms with Gasteiger partial charge in [0, 0.05) is 0 Å². The average molecular weight is 572 g/mol. The Bertz CT molecular complexity index is 946. The SMILES string of the molecule is CCC(CC)c1cccc(C(CC)CC)c1N1CN(c2c(C(CC)CC)cccc2C(CC)CC)C(Cl)=C1Cl. The third-order valence-corrected chi connectivity index (χ3v) is 10.2. The van der Waals surface area contributed by atoms with Crippen molar-refractivity contribution in [2.45, 2.75) is 130 Å². The van der Waals surface area contributed by atoms with Crippen LogP contribution >= 0.6 is 23.2 Å². The van der Waals surface area contributed by atoms with E-state index in [0.29, 0.717) is 40.7 Å². The molecule has 3 rings (SSSR count). The van der Waals surface area contributed by atoms with E-state index in [1.54, 1.807) is 0 Å². The van der Waals surface area contributed by atoms with Crippen LogP contribution in [0.25, 0.3) is 0 Å². The Kier molecular flexibility index (Phi) is 12.1. The second-order valence-electron chi connectivity index (χ2n) is 11.2. The van der Waals surface area contributed by atoms with E-state index in [-0.39, 0.29) is 0 Å². The van der Waals surface area contributed by atoms with Gasteiger partial charge in [-0.05, 0) is 97.3 Å². The van der Waals surface area contributed by atoms with Crippen molar-refractivity contribution >= 4 is 34.6 Å². The summed E-state index contributed by atoms with van der Waals surface area (Å²) in [7, 11) is 0. The van der Waals surface area contributed by atoms with E-state index < -0.39 is 0 Å². The zero-order chi connectivity index (χ0) is 28.7. The Morgan fingerprint density at radius 1 is 0.487 bits per heavy atom. The van der Waals surface area contributed by atoms with E-state index in [9.17, 15) is 0 Å². The molecule has 1 aliphatic heterocycles. The molecule has 1 aliphatic rings. The van der Waals surface area contributed by atoms with Crippen molar-refractivity contribution in [3.05, 3.63) is 69.0 Å². The molecule has 0 saturated heterocycles. The summed E-state index contributed by atoms with van der Waals surface area (Å²) in [6.45, 7) is 19.1. The number of para-hydroxylation sites is 2. The van der Waals surface area contributed by atoms with Crippen molar-refractivity contribution in [2.24, 2.45) is 0 Å². The molecule has 0 aliphatic carbocycles. The topological polar surface area (TPSA) is 6.48 Å². The number of rotatable bonds is 14. The predicted molar refractivity (Wildman–Crippen MR) is 175 cm³/mol. The van der Waals surface area contributed by atoms with E-state index in [0.717, 1.165) is 51.4 Å². The van der Waals surface area contributed by atoms with Crippen LogP contribution in [0.3, 0.4) is 0 Å². The number of nitrogens with zero attached hydrogens (tertiary/aromatic N) is 2. The monoisotopic (exact) mass is 570 g/mol. The summed E-state index contributed by atoms with van der Waals surface area (Å²) < 4.78 is 0. The van der Waals surface area contributed by atoms with Crippen LogP contribution in [-0.4, -0.2) is 6.67 Å². The van der Waals surface area contributed by atoms with Gasteiger partial charge in [-0.1, -0.05) is 115 Å². The summed E-state index contributed by atoms with van der Waals surface area (Å²) in [5.74, 6) is 1.96. The lowest BCUT2D eigenvalue weighted by Crippen LogP contribution is -2.30. The fourth-order valence-corrected chi connectivity index (χ4v) is 7.32. The van der Waals surface area contributed by atoms with Crippen molar-refractivity contribution in [1.29, 1.82) is 0 Å². The lowest BCUT2D eigenvalue weighted by atomic mass is 9.85. The van der Waals surface area contributed by atoms with E-state index in [4.69, 9.17) is 23.2 Å². The molecule has 4 heteroatoms. The van der Waals surface area contributed by atoms with Gasteiger partial charge in [0.25, 0.3) is 0 Å². The Hall–Kier alpha value is -1.64.